The summed E-state index contributed by atoms with van der Waals surface area (Å²) in [5, 5.41) is 14.4. The number of sulfonamides is 1. The van der Waals surface area contributed by atoms with Crippen LogP contribution in [0.2, 0.25) is 5.02 Å². The molecular weight excluding hydrogens is 532 g/mol. The number of anilines is 1. The second-order valence-electron chi connectivity index (χ2n) is 8.29. The molecule has 3 aromatic rings. The van der Waals surface area contributed by atoms with Gasteiger partial charge in [0, 0.05) is 30.7 Å². The summed E-state index contributed by atoms with van der Waals surface area (Å²) in [6, 6.07) is 18.3. The Morgan fingerprint density at radius 1 is 1.03 bits per heavy atom. The topological polar surface area (TPSA) is 130 Å². The van der Waals surface area contributed by atoms with Gasteiger partial charge in [0.05, 0.1) is 15.5 Å². The van der Waals surface area contributed by atoms with Crippen LogP contribution in [0.25, 0.3) is 0 Å². The molecule has 0 fully saturated rings. The van der Waals surface area contributed by atoms with Crippen LogP contribution in [-0.4, -0.2) is 49.7 Å². The number of hydrogen-bond donors (Lipinski definition) is 1. The number of non-ortho nitro benzene ring substituents is 1. The maximum Gasteiger partial charge on any atom is 0.271 e. The molecule has 38 heavy (non-hydrogen) atoms. The van der Waals surface area contributed by atoms with Crippen LogP contribution in [0.3, 0.4) is 0 Å². The molecule has 0 aliphatic carbocycles. The van der Waals surface area contributed by atoms with Crippen LogP contribution in [0.4, 0.5) is 11.4 Å². The Kier molecular flexibility index (Phi) is 9.43. The lowest BCUT2D eigenvalue weighted by Gasteiger charge is -2.33. The molecule has 2 amide bonds. The Hall–Kier alpha value is -3.96. The van der Waals surface area contributed by atoms with Gasteiger partial charge in [-0.1, -0.05) is 54.9 Å². The Morgan fingerprint density at radius 3 is 2.26 bits per heavy atom. The predicted octanol–water partition coefficient (Wildman–Crippen LogP) is 4.00. The van der Waals surface area contributed by atoms with E-state index in [2.05, 4.69) is 5.32 Å². The van der Waals surface area contributed by atoms with Crippen molar-refractivity contribution < 1.29 is 22.9 Å². The number of hydrogen-bond acceptors (Lipinski definition) is 6. The average molecular weight is 559 g/mol. The lowest BCUT2D eigenvalue weighted by molar-refractivity contribution is -0.384. The number of amides is 2. The van der Waals surface area contributed by atoms with E-state index >= 15 is 0 Å². The largest absolute Gasteiger partial charge is 0.357 e. The molecule has 3 rings (SSSR count). The molecule has 3 aromatic carbocycles. The number of carbonyl (C=O) groups is 2. The van der Waals surface area contributed by atoms with E-state index in [9.17, 15) is 28.1 Å². The molecule has 0 radical (unpaired) electrons. The molecule has 1 N–H and O–H groups in total. The lowest BCUT2D eigenvalue weighted by Crippen LogP contribution is -2.51. The van der Waals surface area contributed by atoms with E-state index in [1.54, 1.807) is 37.3 Å². The molecule has 0 heterocycles. The van der Waals surface area contributed by atoms with Gasteiger partial charge in [0.25, 0.3) is 15.7 Å². The first-order valence-electron chi connectivity index (χ1n) is 11.7. The fourth-order valence-electron chi connectivity index (χ4n) is 3.88. The minimum absolute atomic E-state index is 0.0100. The van der Waals surface area contributed by atoms with Crippen molar-refractivity contribution in [2.24, 2.45) is 0 Å². The molecule has 0 aliphatic rings. The summed E-state index contributed by atoms with van der Waals surface area (Å²) in [6.45, 7) is 1.05. The van der Waals surface area contributed by atoms with Gasteiger partial charge in [-0.2, -0.15) is 0 Å². The monoisotopic (exact) mass is 558 g/mol. The maximum absolute atomic E-state index is 13.8. The van der Waals surface area contributed by atoms with Crippen molar-refractivity contribution in [1.82, 2.24) is 10.2 Å². The van der Waals surface area contributed by atoms with Crippen molar-refractivity contribution in [2.75, 3.05) is 17.9 Å². The fraction of sp³-hybridized carbons (Fsp3) is 0.231. The quantitative estimate of drug-likeness (QED) is 0.280. The van der Waals surface area contributed by atoms with E-state index in [0.29, 0.717) is 10.6 Å². The highest BCUT2D eigenvalue weighted by Crippen LogP contribution is 2.28. The third-order valence-corrected chi connectivity index (χ3v) is 7.88. The standard InChI is InChI=1S/C26H27ClN4O6S/c1-3-24(26(33)28-2)29(17-19-12-14-20(27)15-13-19)25(32)18-30(21-8-7-9-22(16-21)31(34)35)38(36,37)23-10-5-4-6-11-23/h4-16,24H,3,17-18H2,1-2H3,(H,28,33)/t24-/m0/s1. The van der Waals surface area contributed by atoms with Crippen molar-refractivity contribution in [3.05, 3.63) is 99.6 Å². The second-order valence-corrected chi connectivity index (χ2v) is 10.6. The van der Waals surface area contributed by atoms with E-state index in [1.807, 2.05) is 0 Å². The number of carbonyl (C=O) groups excluding carboxylic acids is 2. The average Bonchev–Trinajstić information content (AvgIpc) is 2.92. The molecule has 0 unspecified atom stereocenters. The van der Waals surface area contributed by atoms with E-state index in [1.165, 1.54) is 54.4 Å². The summed E-state index contributed by atoms with van der Waals surface area (Å²) in [4.78, 5) is 38.4. The highest BCUT2D eigenvalue weighted by Gasteiger charge is 2.33. The summed E-state index contributed by atoms with van der Waals surface area (Å²) < 4.78 is 28.2. The summed E-state index contributed by atoms with van der Waals surface area (Å²) in [6.07, 6.45) is 0.265. The first kappa shape index (κ1) is 28.6. The third kappa shape index (κ3) is 6.67. The Balaban J connectivity index is 2.08. The molecule has 0 bridgehead atoms. The van der Waals surface area contributed by atoms with Crippen molar-refractivity contribution in [3.63, 3.8) is 0 Å². The van der Waals surface area contributed by atoms with Gasteiger partial charge in [-0.05, 0) is 42.3 Å². The SMILES string of the molecule is CC[C@@H](C(=O)NC)N(Cc1ccc(Cl)cc1)C(=O)CN(c1cccc([N+](=O)[O-])c1)S(=O)(=O)c1ccccc1. The second kappa shape index (κ2) is 12.5. The van der Waals surface area contributed by atoms with Crippen molar-refractivity contribution in [2.45, 2.75) is 30.8 Å². The maximum atomic E-state index is 13.8. The number of rotatable bonds is 11. The first-order chi connectivity index (χ1) is 18.1. The zero-order valence-electron chi connectivity index (χ0n) is 20.8. The molecular formula is C26H27ClN4O6S. The van der Waals surface area contributed by atoms with Gasteiger partial charge in [-0.15, -0.1) is 0 Å². The molecule has 12 heteroatoms. The summed E-state index contributed by atoms with van der Waals surface area (Å²) in [5.41, 5.74) is 0.284. The van der Waals surface area contributed by atoms with Gasteiger partial charge in [-0.3, -0.25) is 24.0 Å². The molecule has 0 aliphatic heterocycles. The summed E-state index contributed by atoms with van der Waals surface area (Å²) >= 11 is 5.99. The molecule has 0 spiro atoms. The first-order valence-corrected chi connectivity index (χ1v) is 13.5. The number of likely N-dealkylation sites (N-methyl/N-ethyl adjacent to an activating group) is 1. The van der Waals surface area contributed by atoms with E-state index in [0.717, 1.165) is 10.4 Å². The zero-order chi connectivity index (χ0) is 27.9. The third-order valence-electron chi connectivity index (χ3n) is 5.84. The van der Waals surface area contributed by atoms with Crippen LogP contribution in [0, 0.1) is 10.1 Å². The van der Waals surface area contributed by atoms with Gasteiger partial charge in [0.1, 0.15) is 12.6 Å². The Labute approximate surface area is 226 Å². The highest BCUT2D eigenvalue weighted by atomic mass is 35.5. The number of benzene rings is 3. The minimum atomic E-state index is -4.32. The highest BCUT2D eigenvalue weighted by molar-refractivity contribution is 7.92. The Bertz CT molecular complexity index is 1400. The lowest BCUT2D eigenvalue weighted by atomic mass is 10.1. The number of nitrogens with one attached hydrogen (secondary N) is 1. The normalized spacial score (nSPS) is 11.9. The van der Waals surface area contributed by atoms with Crippen LogP contribution in [-0.2, 0) is 26.2 Å². The van der Waals surface area contributed by atoms with E-state index in [-0.39, 0.29) is 29.2 Å². The van der Waals surface area contributed by atoms with Gasteiger partial charge in [0.2, 0.25) is 11.8 Å². The zero-order valence-corrected chi connectivity index (χ0v) is 22.4. The van der Waals surface area contributed by atoms with Crippen LogP contribution < -0.4 is 9.62 Å². The van der Waals surface area contributed by atoms with Crippen LogP contribution in [0.1, 0.15) is 18.9 Å². The van der Waals surface area contributed by atoms with E-state index < -0.39 is 39.3 Å². The molecule has 10 nitrogen and oxygen atoms in total. The Morgan fingerprint density at radius 2 is 1.68 bits per heavy atom. The molecule has 200 valence electrons. The van der Waals surface area contributed by atoms with Crippen LogP contribution in [0.15, 0.2) is 83.8 Å². The predicted molar refractivity (Wildman–Crippen MR) is 144 cm³/mol. The minimum Gasteiger partial charge on any atom is -0.357 e. The smallest absolute Gasteiger partial charge is 0.271 e. The summed E-state index contributed by atoms with van der Waals surface area (Å²) in [5.74, 6) is -1.08. The molecule has 0 saturated carbocycles. The van der Waals surface area contributed by atoms with Crippen molar-refractivity contribution >= 4 is 44.8 Å². The number of halogens is 1. The molecule has 0 aromatic heterocycles. The van der Waals surface area contributed by atoms with Gasteiger partial charge >= 0.3 is 0 Å². The van der Waals surface area contributed by atoms with Crippen molar-refractivity contribution in [1.29, 1.82) is 0 Å². The van der Waals surface area contributed by atoms with Gasteiger partial charge < -0.3 is 10.2 Å². The molecule has 0 saturated heterocycles. The van der Waals surface area contributed by atoms with Gasteiger partial charge in [-0.25, -0.2) is 8.42 Å². The van der Waals surface area contributed by atoms with Crippen molar-refractivity contribution in [3.8, 4) is 0 Å². The fourth-order valence-corrected chi connectivity index (χ4v) is 5.44. The number of nitro groups is 1. The number of nitrogens with zero attached hydrogens (tertiary/aromatic N) is 3. The van der Waals surface area contributed by atoms with E-state index in [4.69, 9.17) is 11.6 Å². The van der Waals surface area contributed by atoms with Crippen LogP contribution in [0.5, 0.6) is 0 Å². The summed E-state index contributed by atoms with van der Waals surface area (Å²) in [7, 11) is -2.87. The molecule has 1 atom stereocenters. The van der Waals surface area contributed by atoms with Gasteiger partial charge in [0.15, 0.2) is 0 Å². The van der Waals surface area contributed by atoms with Crippen LogP contribution >= 0.6 is 11.6 Å². The number of nitro benzene ring substituents is 1.